The van der Waals surface area contributed by atoms with Crippen molar-refractivity contribution in [3.8, 4) is 0 Å². The van der Waals surface area contributed by atoms with E-state index in [1.165, 1.54) is 0 Å². The van der Waals surface area contributed by atoms with E-state index in [1.54, 1.807) is 18.3 Å². The van der Waals surface area contributed by atoms with Crippen molar-refractivity contribution in [2.24, 2.45) is 0 Å². The van der Waals surface area contributed by atoms with Crippen molar-refractivity contribution in [1.82, 2.24) is 9.88 Å². The topological polar surface area (TPSA) is 57.3 Å². The largest absolute Gasteiger partial charge is 0.370 e. The molecule has 1 aromatic heterocycles. The molecule has 0 fully saturated rings. The third kappa shape index (κ3) is 5.06. The third-order valence-electron chi connectivity index (χ3n) is 3.96. The molecule has 0 aliphatic carbocycles. The lowest BCUT2D eigenvalue weighted by atomic mass is 10.1. The fourth-order valence-electron chi connectivity index (χ4n) is 2.36. The Morgan fingerprint density at radius 2 is 2.00 bits per heavy atom. The molecule has 1 amide bonds. The first-order valence-electron chi connectivity index (χ1n) is 8.19. The van der Waals surface area contributed by atoms with Gasteiger partial charge in [0.25, 0.3) is 5.91 Å². The van der Waals surface area contributed by atoms with Gasteiger partial charge in [-0.3, -0.25) is 4.79 Å². The van der Waals surface area contributed by atoms with Gasteiger partial charge in [0.05, 0.1) is 0 Å². The van der Waals surface area contributed by atoms with Crippen LogP contribution in [0.4, 0.5) is 11.5 Å². The molecule has 5 nitrogen and oxygen atoms in total. The van der Waals surface area contributed by atoms with Gasteiger partial charge in [-0.05, 0) is 70.2 Å². The molecule has 2 N–H and O–H groups in total. The number of nitrogens with zero attached hydrogens (tertiary/aromatic N) is 2. The summed E-state index contributed by atoms with van der Waals surface area (Å²) in [6.07, 6.45) is 2.68. The molecule has 2 rings (SSSR count). The lowest BCUT2D eigenvalue weighted by Crippen LogP contribution is -2.17. The third-order valence-corrected chi connectivity index (χ3v) is 3.96. The number of rotatable bonds is 7. The van der Waals surface area contributed by atoms with Crippen LogP contribution in [0.1, 0.15) is 27.9 Å². The molecule has 24 heavy (non-hydrogen) atoms. The summed E-state index contributed by atoms with van der Waals surface area (Å²) in [5.41, 5.74) is 3.69. The molecule has 0 bridgehead atoms. The van der Waals surface area contributed by atoms with Crippen molar-refractivity contribution in [2.75, 3.05) is 37.8 Å². The molecule has 0 atom stereocenters. The van der Waals surface area contributed by atoms with Crippen LogP contribution in [0.25, 0.3) is 0 Å². The highest BCUT2D eigenvalue weighted by Gasteiger charge is 2.09. The molecule has 128 valence electrons. The van der Waals surface area contributed by atoms with Crippen molar-refractivity contribution in [3.05, 3.63) is 53.2 Å². The van der Waals surface area contributed by atoms with E-state index < -0.39 is 0 Å². The van der Waals surface area contributed by atoms with Crippen LogP contribution in [0.5, 0.6) is 0 Å². The lowest BCUT2D eigenvalue weighted by molar-refractivity contribution is 0.102. The zero-order valence-corrected chi connectivity index (χ0v) is 14.9. The van der Waals surface area contributed by atoms with Crippen LogP contribution >= 0.6 is 0 Å². The second kappa shape index (κ2) is 8.45. The van der Waals surface area contributed by atoms with Gasteiger partial charge in [-0.2, -0.15) is 0 Å². The molecule has 0 aliphatic heterocycles. The number of carbonyl (C=O) groups is 1. The normalized spacial score (nSPS) is 10.7. The molecule has 1 heterocycles. The second-order valence-corrected chi connectivity index (χ2v) is 6.21. The first-order valence-corrected chi connectivity index (χ1v) is 8.19. The van der Waals surface area contributed by atoms with Crippen LogP contribution in [0.2, 0.25) is 0 Å². The van der Waals surface area contributed by atoms with Crippen molar-refractivity contribution < 1.29 is 4.79 Å². The number of anilines is 2. The Morgan fingerprint density at radius 1 is 1.21 bits per heavy atom. The Morgan fingerprint density at radius 3 is 2.75 bits per heavy atom. The van der Waals surface area contributed by atoms with Gasteiger partial charge in [-0.15, -0.1) is 0 Å². The second-order valence-electron chi connectivity index (χ2n) is 6.21. The maximum atomic E-state index is 12.5. The molecular formula is C19H26N4O. The SMILES string of the molecule is Cc1cccc(NC(=O)c2ccnc(NCCCN(C)C)c2)c1C. The van der Waals surface area contributed by atoms with Crippen molar-refractivity contribution >= 4 is 17.4 Å². The molecule has 1 aromatic carbocycles. The summed E-state index contributed by atoms with van der Waals surface area (Å²) >= 11 is 0. The predicted molar refractivity (Wildman–Crippen MR) is 99.8 cm³/mol. The smallest absolute Gasteiger partial charge is 0.255 e. The minimum atomic E-state index is -0.123. The van der Waals surface area contributed by atoms with Crippen LogP contribution in [0.15, 0.2) is 36.5 Å². The average Bonchev–Trinajstić information content (AvgIpc) is 2.56. The summed E-state index contributed by atoms with van der Waals surface area (Å²) in [6, 6.07) is 9.42. The highest BCUT2D eigenvalue weighted by atomic mass is 16.1. The number of aryl methyl sites for hydroxylation is 1. The van der Waals surface area contributed by atoms with Gasteiger partial charge in [-0.1, -0.05) is 12.1 Å². The van der Waals surface area contributed by atoms with Crippen molar-refractivity contribution in [1.29, 1.82) is 0 Å². The van der Waals surface area contributed by atoms with E-state index in [0.717, 1.165) is 42.1 Å². The molecule has 0 aliphatic rings. The molecule has 5 heteroatoms. The van der Waals surface area contributed by atoms with E-state index in [1.807, 2.05) is 32.0 Å². The Hall–Kier alpha value is -2.40. The summed E-state index contributed by atoms with van der Waals surface area (Å²) in [5, 5.41) is 6.24. The molecular weight excluding hydrogens is 300 g/mol. The van der Waals surface area contributed by atoms with Crippen LogP contribution < -0.4 is 10.6 Å². The number of nitrogens with one attached hydrogen (secondary N) is 2. The maximum absolute atomic E-state index is 12.5. The van der Waals surface area contributed by atoms with Gasteiger partial charge in [0.2, 0.25) is 0 Å². The monoisotopic (exact) mass is 326 g/mol. The lowest BCUT2D eigenvalue weighted by Gasteiger charge is -2.12. The summed E-state index contributed by atoms with van der Waals surface area (Å²) in [5.74, 6) is 0.602. The number of amides is 1. The van der Waals surface area contributed by atoms with Gasteiger partial charge >= 0.3 is 0 Å². The van der Waals surface area contributed by atoms with Crippen LogP contribution in [0.3, 0.4) is 0 Å². The number of benzene rings is 1. The van der Waals surface area contributed by atoms with E-state index in [-0.39, 0.29) is 5.91 Å². The number of carbonyl (C=O) groups excluding carboxylic acids is 1. The van der Waals surface area contributed by atoms with Gasteiger partial charge in [0, 0.05) is 24.0 Å². The summed E-state index contributed by atoms with van der Waals surface area (Å²) in [6.45, 7) is 5.88. The van der Waals surface area contributed by atoms with E-state index >= 15 is 0 Å². The van der Waals surface area contributed by atoms with Gasteiger partial charge in [-0.25, -0.2) is 4.98 Å². The van der Waals surface area contributed by atoms with E-state index in [2.05, 4.69) is 34.6 Å². The predicted octanol–water partition coefficient (Wildman–Crippen LogP) is 3.31. The summed E-state index contributed by atoms with van der Waals surface area (Å²) in [4.78, 5) is 18.9. The highest BCUT2D eigenvalue weighted by Crippen LogP contribution is 2.19. The zero-order valence-electron chi connectivity index (χ0n) is 14.9. The Balaban J connectivity index is 1.99. The van der Waals surface area contributed by atoms with E-state index in [9.17, 15) is 4.79 Å². The minimum absolute atomic E-state index is 0.123. The van der Waals surface area contributed by atoms with Crippen LogP contribution in [-0.2, 0) is 0 Å². The fourth-order valence-corrected chi connectivity index (χ4v) is 2.36. The molecule has 0 saturated heterocycles. The molecule has 0 unspecified atom stereocenters. The molecule has 0 radical (unpaired) electrons. The van der Waals surface area contributed by atoms with Crippen LogP contribution in [0, 0.1) is 13.8 Å². The van der Waals surface area contributed by atoms with Crippen LogP contribution in [-0.4, -0.2) is 43.0 Å². The number of pyridine rings is 1. The maximum Gasteiger partial charge on any atom is 0.255 e. The quantitative estimate of drug-likeness (QED) is 0.767. The fraction of sp³-hybridized carbons (Fsp3) is 0.368. The van der Waals surface area contributed by atoms with E-state index in [0.29, 0.717) is 5.56 Å². The molecule has 0 saturated carbocycles. The number of hydrogen-bond donors (Lipinski definition) is 2. The standard InChI is InChI=1S/C19H26N4O/c1-14-7-5-8-17(15(14)2)22-19(24)16-9-11-21-18(13-16)20-10-6-12-23(3)4/h5,7-9,11,13H,6,10,12H2,1-4H3,(H,20,21)(H,22,24). The first kappa shape index (κ1) is 17.9. The Kier molecular flexibility index (Phi) is 6.32. The Labute approximate surface area is 144 Å². The van der Waals surface area contributed by atoms with Crippen molar-refractivity contribution in [3.63, 3.8) is 0 Å². The summed E-state index contributed by atoms with van der Waals surface area (Å²) in [7, 11) is 4.10. The Bertz CT molecular complexity index is 698. The molecule has 2 aromatic rings. The van der Waals surface area contributed by atoms with Gasteiger partial charge in [0.1, 0.15) is 5.82 Å². The van der Waals surface area contributed by atoms with Gasteiger partial charge < -0.3 is 15.5 Å². The average molecular weight is 326 g/mol. The van der Waals surface area contributed by atoms with E-state index in [4.69, 9.17) is 0 Å². The minimum Gasteiger partial charge on any atom is -0.370 e. The number of aromatic nitrogens is 1. The summed E-state index contributed by atoms with van der Waals surface area (Å²) < 4.78 is 0. The zero-order chi connectivity index (χ0) is 17.5. The molecule has 0 spiro atoms. The number of hydrogen-bond acceptors (Lipinski definition) is 4. The first-order chi connectivity index (χ1) is 11.5. The highest BCUT2D eigenvalue weighted by molar-refractivity contribution is 6.05. The van der Waals surface area contributed by atoms with Gasteiger partial charge in [0.15, 0.2) is 0 Å². The van der Waals surface area contributed by atoms with Crippen molar-refractivity contribution in [2.45, 2.75) is 20.3 Å².